The zero-order valence-electron chi connectivity index (χ0n) is 24.0. The van der Waals surface area contributed by atoms with Crippen molar-refractivity contribution in [1.82, 2.24) is 19.8 Å². The van der Waals surface area contributed by atoms with Crippen LogP contribution in [0, 0.1) is 17.7 Å². The molecule has 4 aromatic rings. The summed E-state index contributed by atoms with van der Waals surface area (Å²) in [6, 6.07) is 18.2. The van der Waals surface area contributed by atoms with Crippen molar-refractivity contribution in [3.05, 3.63) is 93.2 Å². The molecule has 2 aliphatic heterocycles. The molecule has 1 N–H and O–H groups in total. The van der Waals surface area contributed by atoms with E-state index >= 15 is 0 Å². The second-order valence-corrected chi connectivity index (χ2v) is 12.6. The number of ketones is 1. The van der Waals surface area contributed by atoms with Crippen LogP contribution < -0.4 is 10.2 Å². The lowest BCUT2D eigenvalue weighted by molar-refractivity contribution is 0.0877. The standard InChI is InChI=1S/C33H36Cl2FN5O/c1-21(2)19-40-13-10-25(32(42)23-6-4-3-5-7-23)31(40)26-17-24(34)18-29-30(26)38-33(39-14-11-37-12-15-39)41(29)20-22-8-9-28(36)27(35)16-22/h3-9,16-18,21,25,31,37H,10-15,19-20H2,1-2H3/t25-,31+/m1/s1. The molecule has 0 saturated carbocycles. The van der Waals surface area contributed by atoms with Crippen molar-refractivity contribution >= 4 is 46.0 Å². The second-order valence-electron chi connectivity index (χ2n) is 11.8. The smallest absolute Gasteiger partial charge is 0.206 e. The molecule has 0 amide bonds. The monoisotopic (exact) mass is 607 g/mol. The second kappa shape index (κ2) is 12.3. The summed E-state index contributed by atoms with van der Waals surface area (Å²) in [6.07, 6.45) is 0.776. The van der Waals surface area contributed by atoms with Crippen LogP contribution in [0.3, 0.4) is 0 Å². The van der Waals surface area contributed by atoms with E-state index in [-0.39, 0.29) is 22.8 Å². The van der Waals surface area contributed by atoms with Gasteiger partial charge in [0.05, 0.1) is 22.6 Å². The largest absolute Gasteiger partial charge is 0.340 e. The summed E-state index contributed by atoms with van der Waals surface area (Å²) in [5.41, 5.74) is 4.34. The van der Waals surface area contributed by atoms with Crippen LogP contribution in [0.15, 0.2) is 60.7 Å². The third kappa shape index (κ3) is 5.80. The first kappa shape index (κ1) is 29.1. The van der Waals surface area contributed by atoms with Gasteiger partial charge in [-0.25, -0.2) is 9.37 Å². The first-order chi connectivity index (χ1) is 20.3. The molecule has 6 rings (SSSR count). The topological polar surface area (TPSA) is 53.4 Å². The molecule has 2 saturated heterocycles. The number of nitrogens with one attached hydrogen (secondary N) is 1. The van der Waals surface area contributed by atoms with Gasteiger partial charge in [0.2, 0.25) is 5.95 Å². The van der Waals surface area contributed by atoms with E-state index in [1.54, 1.807) is 12.1 Å². The molecule has 3 heterocycles. The number of anilines is 1. The van der Waals surface area contributed by atoms with Gasteiger partial charge in [0.1, 0.15) is 5.82 Å². The number of hydrogen-bond acceptors (Lipinski definition) is 5. The van der Waals surface area contributed by atoms with Gasteiger partial charge in [0.15, 0.2) is 5.78 Å². The molecule has 2 fully saturated rings. The van der Waals surface area contributed by atoms with Crippen molar-refractivity contribution in [2.45, 2.75) is 32.9 Å². The number of carbonyl (C=O) groups excluding carboxylic acids is 1. The van der Waals surface area contributed by atoms with E-state index in [9.17, 15) is 9.18 Å². The number of nitrogens with zero attached hydrogens (tertiary/aromatic N) is 4. The number of likely N-dealkylation sites (tertiary alicyclic amines) is 1. The average molecular weight is 609 g/mol. The summed E-state index contributed by atoms with van der Waals surface area (Å²) in [7, 11) is 0. The molecule has 6 nitrogen and oxygen atoms in total. The fraction of sp³-hybridized carbons (Fsp3) is 0.394. The van der Waals surface area contributed by atoms with Crippen LogP contribution in [0.5, 0.6) is 0 Å². The molecule has 3 aromatic carbocycles. The molecule has 42 heavy (non-hydrogen) atoms. The van der Waals surface area contributed by atoms with Crippen LogP contribution in [0.2, 0.25) is 10.0 Å². The minimum Gasteiger partial charge on any atom is -0.340 e. The number of benzene rings is 3. The Morgan fingerprint density at radius 3 is 2.52 bits per heavy atom. The SMILES string of the molecule is CC(C)CN1CC[C@@H](C(=O)c2ccccc2)[C@H]1c1cc(Cl)cc2c1nc(N1CCNCC1)n2Cc1ccc(F)c(Cl)c1. The maximum Gasteiger partial charge on any atom is 0.206 e. The maximum atomic E-state index is 14.0. The number of carbonyl (C=O) groups is 1. The molecule has 1 aromatic heterocycles. The van der Waals surface area contributed by atoms with E-state index < -0.39 is 5.82 Å². The van der Waals surface area contributed by atoms with Gasteiger partial charge in [0.25, 0.3) is 0 Å². The summed E-state index contributed by atoms with van der Waals surface area (Å²) < 4.78 is 16.2. The zero-order chi connectivity index (χ0) is 29.4. The van der Waals surface area contributed by atoms with Gasteiger partial charge in [-0.05, 0) is 54.3 Å². The maximum absolute atomic E-state index is 14.0. The zero-order valence-corrected chi connectivity index (χ0v) is 25.5. The lowest BCUT2D eigenvalue weighted by Gasteiger charge is -2.30. The summed E-state index contributed by atoms with van der Waals surface area (Å²) in [4.78, 5) is 24.0. The van der Waals surface area contributed by atoms with Crippen molar-refractivity contribution < 1.29 is 9.18 Å². The third-order valence-electron chi connectivity index (χ3n) is 8.37. The molecule has 0 bridgehead atoms. The molecule has 2 aliphatic rings. The number of Topliss-reactive ketones (excluding diaryl/α,β-unsaturated/α-hetero) is 1. The number of halogens is 3. The Hall–Kier alpha value is -2.97. The Morgan fingerprint density at radius 1 is 1.05 bits per heavy atom. The summed E-state index contributed by atoms with van der Waals surface area (Å²) in [5.74, 6) is 0.781. The number of rotatable bonds is 8. The minimum atomic E-state index is -0.441. The molecular formula is C33H36Cl2FN5O. The molecule has 0 unspecified atom stereocenters. The van der Waals surface area contributed by atoms with Crippen LogP contribution in [0.25, 0.3) is 11.0 Å². The van der Waals surface area contributed by atoms with E-state index in [2.05, 4.69) is 33.5 Å². The van der Waals surface area contributed by atoms with Crippen molar-refractivity contribution in [3.8, 4) is 0 Å². The predicted molar refractivity (Wildman–Crippen MR) is 168 cm³/mol. The summed E-state index contributed by atoms with van der Waals surface area (Å²) in [6.45, 7) is 9.93. The summed E-state index contributed by atoms with van der Waals surface area (Å²) >= 11 is 13.1. The fourth-order valence-corrected chi connectivity index (χ4v) is 6.97. The Bertz CT molecular complexity index is 1580. The fourth-order valence-electron chi connectivity index (χ4n) is 6.54. The summed E-state index contributed by atoms with van der Waals surface area (Å²) in [5, 5.41) is 4.12. The molecule has 2 atom stereocenters. The van der Waals surface area contributed by atoms with Gasteiger partial charge in [-0.2, -0.15) is 0 Å². The van der Waals surface area contributed by atoms with Crippen molar-refractivity contribution in [1.29, 1.82) is 0 Å². The highest BCUT2D eigenvalue weighted by molar-refractivity contribution is 6.31. The minimum absolute atomic E-state index is 0.0944. The van der Waals surface area contributed by atoms with E-state index in [1.807, 2.05) is 42.5 Å². The van der Waals surface area contributed by atoms with Crippen LogP contribution in [0.1, 0.15) is 47.8 Å². The predicted octanol–water partition coefficient (Wildman–Crippen LogP) is 6.84. The van der Waals surface area contributed by atoms with Crippen LogP contribution in [-0.4, -0.2) is 59.5 Å². The Balaban J connectivity index is 1.51. The van der Waals surface area contributed by atoms with Crippen molar-refractivity contribution in [2.75, 3.05) is 44.2 Å². The van der Waals surface area contributed by atoms with Gasteiger partial charge < -0.3 is 14.8 Å². The normalized spacial score (nSPS) is 19.7. The lowest BCUT2D eigenvalue weighted by atomic mass is 9.86. The highest BCUT2D eigenvalue weighted by Crippen LogP contribution is 2.44. The Kier molecular flexibility index (Phi) is 8.55. The van der Waals surface area contributed by atoms with E-state index in [0.717, 1.165) is 79.4 Å². The number of piperazine rings is 1. The van der Waals surface area contributed by atoms with Crippen LogP contribution in [-0.2, 0) is 6.54 Å². The quantitative estimate of drug-likeness (QED) is 0.222. The number of aromatic nitrogens is 2. The third-order valence-corrected chi connectivity index (χ3v) is 8.88. The van der Waals surface area contributed by atoms with Crippen LogP contribution in [0.4, 0.5) is 10.3 Å². The Labute approximate surface area is 256 Å². The lowest BCUT2D eigenvalue weighted by Crippen LogP contribution is -2.44. The van der Waals surface area contributed by atoms with Gasteiger partial charge in [-0.3, -0.25) is 9.69 Å². The Morgan fingerprint density at radius 2 is 1.81 bits per heavy atom. The average Bonchev–Trinajstić information content (AvgIpc) is 3.56. The molecule has 0 aliphatic carbocycles. The van der Waals surface area contributed by atoms with Gasteiger partial charge >= 0.3 is 0 Å². The van der Waals surface area contributed by atoms with Crippen molar-refractivity contribution in [3.63, 3.8) is 0 Å². The molecule has 0 spiro atoms. The van der Waals surface area contributed by atoms with Gasteiger partial charge in [-0.15, -0.1) is 0 Å². The highest BCUT2D eigenvalue weighted by Gasteiger charge is 2.41. The van der Waals surface area contributed by atoms with Crippen molar-refractivity contribution in [2.24, 2.45) is 11.8 Å². The molecule has 9 heteroatoms. The van der Waals surface area contributed by atoms with Crippen LogP contribution >= 0.6 is 23.2 Å². The van der Waals surface area contributed by atoms with E-state index in [1.165, 1.54) is 6.07 Å². The van der Waals surface area contributed by atoms with E-state index in [4.69, 9.17) is 28.2 Å². The molecule has 0 radical (unpaired) electrons. The number of imidazole rings is 1. The van der Waals surface area contributed by atoms with Gasteiger partial charge in [0, 0.05) is 55.3 Å². The highest BCUT2D eigenvalue weighted by atomic mass is 35.5. The van der Waals surface area contributed by atoms with Gasteiger partial charge in [-0.1, -0.05) is 73.4 Å². The molecule has 220 valence electrons. The van der Waals surface area contributed by atoms with E-state index in [0.29, 0.717) is 17.5 Å². The number of hydrogen-bond donors (Lipinski definition) is 1. The first-order valence-corrected chi connectivity index (χ1v) is 15.5. The number of fused-ring (bicyclic) bond motifs is 1. The molecular weight excluding hydrogens is 572 g/mol. The first-order valence-electron chi connectivity index (χ1n) is 14.7.